The van der Waals surface area contributed by atoms with Crippen LogP contribution in [0.1, 0.15) is 17.3 Å². The van der Waals surface area contributed by atoms with Crippen LogP contribution in [0.25, 0.3) is 10.8 Å². The maximum atomic E-state index is 12.1. The molecule has 132 valence electrons. The van der Waals surface area contributed by atoms with Crippen LogP contribution in [0, 0.1) is 5.21 Å². The molecule has 0 aliphatic heterocycles. The van der Waals surface area contributed by atoms with Crippen LogP contribution in [0.5, 0.6) is 5.75 Å². The second-order valence-corrected chi connectivity index (χ2v) is 5.66. The smallest absolute Gasteiger partial charge is 0.279 e. The van der Waals surface area contributed by atoms with Gasteiger partial charge in [-0.05, 0) is 29.8 Å². The van der Waals surface area contributed by atoms with Gasteiger partial charge < -0.3 is 9.94 Å². The second kappa shape index (κ2) is 7.52. The van der Waals surface area contributed by atoms with E-state index in [2.05, 4.69) is 10.9 Å². The number of amides is 2. The molecule has 0 spiro atoms. The number of carbonyl (C=O) groups is 2. The number of pyridine rings is 1. The van der Waals surface area contributed by atoms with Gasteiger partial charge in [0.1, 0.15) is 5.75 Å². The van der Waals surface area contributed by atoms with Crippen LogP contribution in [0.4, 0.5) is 0 Å². The molecule has 3 rings (SSSR count). The first-order chi connectivity index (χ1) is 12.5. The zero-order valence-corrected chi connectivity index (χ0v) is 14.0. The highest BCUT2D eigenvalue weighted by Crippen LogP contribution is 2.21. The second-order valence-electron chi connectivity index (χ2n) is 5.66. The minimum absolute atomic E-state index is 0.250. The van der Waals surface area contributed by atoms with Gasteiger partial charge in [-0.3, -0.25) is 20.4 Å². The number of nitrogens with zero attached hydrogens (tertiary/aromatic N) is 1. The van der Waals surface area contributed by atoms with Crippen molar-refractivity contribution in [2.75, 3.05) is 0 Å². The quantitative estimate of drug-likeness (QED) is 0.425. The summed E-state index contributed by atoms with van der Waals surface area (Å²) in [5, 5.41) is 13.0. The molecule has 2 aromatic carbocycles. The normalized spacial score (nSPS) is 11.6. The predicted octanol–water partition coefficient (Wildman–Crippen LogP) is 1.70. The fraction of sp³-hybridized carbons (Fsp3) is 0.105. The number of nitrogens with one attached hydrogen (secondary N) is 2. The molecule has 3 aromatic rings. The lowest BCUT2D eigenvalue weighted by molar-refractivity contribution is -0.605. The van der Waals surface area contributed by atoms with Crippen LogP contribution in [0.2, 0.25) is 0 Å². The summed E-state index contributed by atoms with van der Waals surface area (Å²) in [5.74, 6) is -0.473. The molecule has 0 aliphatic carbocycles. The third-order valence-electron chi connectivity index (χ3n) is 3.77. The summed E-state index contributed by atoms with van der Waals surface area (Å²) in [7, 11) is 0. The minimum Gasteiger partial charge on any atom is -0.619 e. The molecule has 7 heteroatoms. The van der Waals surface area contributed by atoms with Gasteiger partial charge in [0.15, 0.2) is 18.5 Å². The van der Waals surface area contributed by atoms with E-state index < -0.39 is 17.9 Å². The van der Waals surface area contributed by atoms with Crippen molar-refractivity contribution in [3.05, 3.63) is 77.8 Å². The van der Waals surface area contributed by atoms with E-state index in [1.165, 1.54) is 24.5 Å². The Labute approximate surface area is 149 Å². The largest absolute Gasteiger partial charge is 0.619 e. The summed E-state index contributed by atoms with van der Waals surface area (Å²) < 4.78 is 6.19. The van der Waals surface area contributed by atoms with Crippen molar-refractivity contribution in [2.45, 2.75) is 13.0 Å². The van der Waals surface area contributed by atoms with E-state index in [9.17, 15) is 14.8 Å². The lowest BCUT2D eigenvalue weighted by Crippen LogP contribution is -2.47. The summed E-state index contributed by atoms with van der Waals surface area (Å²) in [6.45, 7) is 1.58. The number of rotatable bonds is 4. The van der Waals surface area contributed by atoms with Crippen LogP contribution in [-0.4, -0.2) is 17.9 Å². The number of aromatic nitrogens is 1. The average Bonchev–Trinajstić information content (AvgIpc) is 2.66. The predicted molar refractivity (Wildman–Crippen MR) is 95.0 cm³/mol. The van der Waals surface area contributed by atoms with Crippen LogP contribution in [0.3, 0.4) is 0 Å². The van der Waals surface area contributed by atoms with Crippen molar-refractivity contribution < 1.29 is 19.1 Å². The number of hydrogen-bond acceptors (Lipinski definition) is 4. The number of hydrogen-bond donors (Lipinski definition) is 2. The molecular formula is C19H17N3O4. The number of benzene rings is 2. The molecule has 2 N–H and O–H groups in total. The summed E-state index contributed by atoms with van der Waals surface area (Å²) in [6, 6.07) is 16.1. The van der Waals surface area contributed by atoms with Gasteiger partial charge >= 0.3 is 0 Å². The monoisotopic (exact) mass is 351 g/mol. The Morgan fingerprint density at radius 3 is 2.42 bits per heavy atom. The van der Waals surface area contributed by atoms with Crippen LogP contribution < -0.4 is 20.3 Å². The zero-order valence-electron chi connectivity index (χ0n) is 14.0. The van der Waals surface area contributed by atoms with Gasteiger partial charge in [-0.2, -0.15) is 4.73 Å². The van der Waals surface area contributed by atoms with Gasteiger partial charge in [0.25, 0.3) is 11.8 Å². The highest BCUT2D eigenvalue weighted by atomic mass is 16.5. The third-order valence-corrected chi connectivity index (χ3v) is 3.77. The summed E-state index contributed by atoms with van der Waals surface area (Å²) in [5.41, 5.74) is 4.84. The number of ether oxygens (including phenoxy) is 1. The van der Waals surface area contributed by atoms with Crippen molar-refractivity contribution in [2.24, 2.45) is 0 Å². The highest BCUT2D eigenvalue weighted by Gasteiger charge is 2.16. The van der Waals surface area contributed by atoms with E-state index in [0.29, 0.717) is 10.5 Å². The lowest BCUT2D eigenvalue weighted by atomic mass is 10.1. The zero-order chi connectivity index (χ0) is 18.5. The number of hydrazine groups is 1. The van der Waals surface area contributed by atoms with E-state index in [0.717, 1.165) is 10.8 Å². The molecule has 1 atom stereocenters. The maximum absolute atomic E-state index is 12.1. The minimum atomic E-state index is -0.809. The Hall–Kier alpha value is -3.61. The molecule has 0 saturated heterocycles. The molecule has 0 aliphatic rings. The Balaban J connectivity index is 1.56. The molecule has 1 heterocycles. The van der Waals surface area contributed by atoms with E-state index in [4.69, 9.17) is 4.74 Å². The van der Waals surface area contributed by atoms with Crippen LogP contribution >= 0.6 is 0 Å². The van der Waals surface area contributed by atoms with Gasteiger partial charge in [0, 0.05) is 12.1 Å². The molecule has 0 saturated carbocycles. The molecular weight excluding hydrogens is 334 g/mol. The van der Waals surface area contributed by atoms with Crippen molar-refractivity contribution in [3.8, 4) is 5.75 Å². The van der Waals surface area contributed by atoms with Crippen molar-refractivity contribution in [3.63, 3.8) is 0 Å². The van der Waals surface area contributed by atoms with Crippen LogP contribution in [-0.2, 0) is 4.79 Å². The summed E-state index contributed by atoms with van der Waals surface area (Å²) in [6.07, 6.45) is 1.58. The molecule has 1 unspecified atom stereocenters. The van der Waals surface area contributed by atoms with Gasteiger partial charge in [-0.25, -0.2) is 0 Å². The molecule has 0 radical (unpaired) electrons. The van der Waals surface area contributed by atoms with Crippen molar-refractivity contribution >= 4 is 22.6 Å². The fourth-order valence-corrected chi connectivity index (χ4v) is 2.35. The Bertz CT molecular complexity index is 941. The number of fused-ring (bicyclic) bond motifs is 1. The van der Waals surface area contributed by atoms with Crippen molar-refractivity contribution in [1.29, 1.82) is 0 Å². The van der Waals surface area contributed by atoms with Gasteiger partial charge in [0.05, 0.1) is 5.56 Å². The molecule has 0 bridgehead atoms. The Kier molecular flexibility index (Phi) is 4.98. The van der Waals surface area contributed by atoms with Gasteiger partial charge in [0.2, 0.25) is 0 Å². The standard InChI is InChI=1S/C19H17N3O4/c1-13(26-17-7-6-14-4-2-3-5-16(14)12-17)18(23)20-21-19(24)15-8-10-22(25)11-9-15/h2-13H,1H3,(H,20,23)(H,21,24). The average molecular weight is 351 g/mol. The maximum Gasteiger partial charge on any atom is 0.279 e. The Morgan fingerprint density at radius 1 is 1.00 bits per heavy atom. The van der Waals surface area contributed by atoms with E-state index in [1.807, 2.05) is 36.4 Å². The molecule has 0 fully saturated rings. The third kappa shape index (κ3) is 4.07. The summed E-state index contributed by atoms with van der Waals surface area (Å²) in [4.78, 5) is 24.0. The molecule has 7 nitrogen and oxygen atoms in total. The highest BCUT2D eigenvalue weighted by molar-refractivity contribution is 5.95. The van der Waals surface area contributed by atoms with Gasteiger partial charge in [-0.15, -0.1) is 0 Å². The van der Waals surface area contributed by atoms with E-state index in [-0.39, 0.29) is 5.56 Å². The van der Waals surface area contributed by atoms with Crippen molar-refractivity contribution in [1.82, 2.24) is 10.9 Å². The molecule has 2 amide bonds. The summed E-state index contributed by atoms with van der Waals surface area (Å²) >= 11 is 0. The van der Waals surface area contributed by atoms with Gasteiger partial charge in [-0.1, -0.05) is 30.3 Å². The first kappa shape index (κ1) is 17.2. The van der Waals surface area contributed by atoms with E-state index >= 15 is 0 Å². The SMILES string of the molecule is CC(Oc1ccc2ccccc2c1)C(=O)NNC(=O)c1cc[n+]([O-])cc1. The Morgan fingerprint density at radius 2 is 1.69 bits per heavy atom. The van der Waals surface area contributed by atoms with Crippen LogP contribution in [0.15, 0.2) is 67.0 Å². The first-order valence-corrected chi connectivity index (χ1v) is 7.97. The first-order valence-electron chi connectivity index (χ1n) is 7.97. The number of carbonyl (C=O) groups excluding carboxylic acids is 2. The molecule has 26 heavy (non-hydrogen) atoms. The lowest BCUT2D eigenvalue weighted by Gasteiger charge is -2.15. The van der Waals surface area contributed by atoms with E-state index in [1.54, 1.807) is 13.0 Å². The molecule has 1 aromatic heterocycles. The fourth-order valence-electron chi connectivity index (χ4n) is 2.35. The topological polar surface area (TPSA) is 94.4 Å².